The highest BCUT2D eigenvalue weighted by atomic mass is 35.5. The Balaban J connectivity index is 1.82. The van der Waals surface area contributed by atoms with E-state index in [1.165, 1.54) is 24.5 Å². The Morgan fingerprint density at radius 2 is 1.96 bits per heavy atom. The van der Waals surface area contributed by atoms with E-state index in [9.17, 15) is 13.2 Å². The minimum absolute atomic E-state index is 0.0116. The molecule has 3 rings (SSSR count). The molecule has 1 fully saturated rings. The molecule has 0 bridgehead atoms. The third kappa shape index (κ3) is 4.70. The molecule has 7 nitrogen and oxygen atoms in total. The van der Waals surface area contributed by atoms with Crippen LogP contribution >= 0.6 is 11.6 Å². The molecular formula is C18H21ClN2O5S. The highest BCUT2D eigenvalue weighted by molar-refractivity contribution is 7.89. The number of halogens is 1. The number of hydrogen-bond acceptors (Lipinski definition) is 5. The number of furan rings is 1. The normalized spacial score (nSPS) is 20.6. The van der Waals surface area contributed by atoms with E-state index in [-0.39, 0.29) is 40.1 Å². The number of hydrogen-bond donors (Lipinski definition) is 1. The molecule has 0 saturated carbocycles. The summed E-state index contributed by atoms with van der Waals surface area (Å²) in [5.74, 6) is 0.217. The van der Waals surface area contributed by atoms with Gasteiger partial charge in [0, 0.05) is 18.7 Å². The van der Waals surface area contributed by atoms with Gasteiger partial charge < -0.3 is 14.1 Å². The van der Waals surface area contributed by atoms with Gasteiger partial charge in [-0.15, -0.1) is 0 Å². The summed E-state index contributed by atoms with van der Waals surface area (Å²) in [6.07, 6.45) is 1.30. The maximum absolute atomic E-state index is 12.8. The summed E-state index contributed by atoms with van der Waals surface area (Å²) in [6, 6.07) is 7.58. The third-order valence-electron chi connectivity index (χ3n) is 4.19. The van der Waals surface area contributed by atoms with Crippen molar-refractivity contribution in [2.24, 2.45) is 0 Å². The number of carbonyl (C=O) groups excluding carboxylic acids is 1. The number of morpholine rings is 1. The van der Waals surface area contributed by atoms with Crippen LogP contribution in [0, 0.1) is 0 Å². The molecule has 1 amide bonds. The van der Waals surface area contributed by atoms with Gasteiger partial charge in [0.1, 0.15) is 10.7 Å². The lowest BCUT2D eigenvalue weighted by atomic mass is 10.1. The molecule has 1 aromatic carbocycles. The van der Waals surface area contributed by atoms with Crippen molar-refractivity contribution in [1.29, 1.82) is 0 Å². The summed E-state index contributed by atoms with van der Waals surface area (Å²) in [4.78, 5) is 14.3. The smallest absolute Gasteiger partial charge is 0.254 e. The molecule has 0 spiro atoms. The quantitative estimate of drug-likeness (QED) is 0.815. The third-order valence-corrected chi connectivity index (χ3v) is 6.07. The fourth-order valence-corrected chi connectivity index (χ4v) is 4.54. The van der Waals surface area contributed by atoms with Crippen LogP contribution in [0.25, 0.3) is 0 Å². The lowest BCUT2D eigenvalue weighted by Crippen LogP contribution is -2.48. The molecule has 0 aliphatic carbocycles. The van der Waals surface area contributed by atoms with E-state index < -0.39 is 10.0 Å². The zero-order valence-electron chi connectivity index (χ0n) is 15.0. The van der Waals surface area contributed by atoms with Gasteiger partial charge in [0.25, 0.3) is 5.91 Å². The van der Waals surface area contributed by atoms with Crippen LogP contribution in [0.15, 0.2) is 45.9 Å². The van der Waals surface area contributed by atoms with E-state index in [0.717, 1.165) is 0 Å². The molecule has 27 heavy (non-hydrogen) atoms. The zero-order valence-corrected chi connectivity index (χ0v) is 16.6. The van der Waals surface area contributed by atoms with E-state index in [1.807, 2.05) is 13.8 Å². The predicted molar refractivity (Wildman–Crippen MR) is 100 cm³/mol. The topological polar surface area (TPSA) is 88.9 Å². The number of ether oxygens (including phenoxy) is 1. The van der Waals surface area contributed by atoms with Gasteiger partial charge in [-0.1, -0.05) is 11.6 Å². The van der Waals surface area contributed by atoms with E-state index in [4.69, 9.17) is 20.8 Å². The van der Waals surface area contributed by atoms with Gasteiger partial charge in [0.15, 0.2) is 0 Å². The molecule has 0 radical (unpaired) electrons. The SMILES string of the molecule is C[C@@H]1CN(C(=O)c2ccc(Cl)c(S(=O)(=O)NCc3ccco3)c2)C[C@H](C)O1. The molecule has 2 aromatic rings. The van der Waals surface area contributed by atoms with Crippen LogP contribution in [0.4, 0.5) is 0 Å². The Morgan fingerprint density at radius 3 is 2.59 bits per heavy atom. The first-order valence-corrected chi connectivity index (χ1v) is 10.4. The van der Waals surface area contributed by atoms with Crippen LogP contribution in [-0.2, 0) is 21.3 Å². The first kappa shape index (κ1) is 19.9. The summed E-state index contributed by atoms with van der Waals surface area (Å²) < 4.78 is 38.4. The van der Waals surface area contributed by atoms with Crippen molar-refractivity contribution in [2.45, 2.75) is 37.5 Å². The summed E-state index contributed by atoms with van der Waals surface area (Å²) in [7, 11) is -3.91. The predicted octanol–water partition coefficient (Wildman–Crippen LogP) is 2.66. The van der Waals surface area contributed by atoms with Crippen molar-refractivity contribution < 1.29 is 22.4 Å². The van der Waals surface area contributed by atoms with E-state index in [0.29, 0.717) is 18.8 Å². The standard InChI is InChI=1S/C18H21ClN2O5S/c1-12-10-21(11-13(2)26-12)18(22)14-5-6-16(19)17(8-14)27(23,24)20-9-15-4-3-7-25-15/h3-8,12-13,20H,9-11H2,1-2H3/t12-,13+. The van der Waals surface area contributed by atoms with Crippen LogP contribution in [0.3, 0.4) is 0 Å². The number of carbonyl (C=O) groups is 1. The summed E-state index contributed by atoms with van der Waals surface area (Å²) in [5.41, 5.74) is 0.263. The van der Waals surface area contributed by atoms with E-state index in [1.54, 1.807) is 17.0 Å². The van der Waals surface area contributed by atoms with Gasteiger partial charge in [-0.25, -0.2) is 13.1 Å². The minimum atomic E-state index is -3.91. The summed E-state index contributed by atoms with van der Waals surface area (Å²) in [5, 5.41) is 0.0437. The highest BCUT2D eigenvalue weighted by Gasteiger charge is 2.28. The van der Waals surface area contributed by atoms with Gasteiger partial charge in [0.2, 0.25) is 10.0 Å². The molecule has 1 N–H and O–H groups in total. The lowest BCUT2D eigenvalue weighted by Gasteiger charge is -2.35. The molecule has 1 aliphatic rings. The Kier molecular flexibility index (Phi) is 5.90. The van der Waals surface area contributed by atoms with Crippen LogP contribution in [0.5, 0.6) is 0 Å². The first-order chi connectivity index (χ1) is 12.8. The number of benzene rings is 1. The highest BCUT2D eigenvalue weighted by Crippen LogP contribution is 2.24. The average Bonchev–Trinajstić information content (AvgIpc) is 3.12. The van der Waals surface area contributed by atoms with Crippen LogP contribution in [-0.4, -0.2) is 44.5 Å². The zero-order chi connectivity index (χ0) is 19.6. The van der Waals surface area contributed by atoms with Gasteiger partial charge in [-0.2, -0.15) is 0 Å². The van der Waals surface area contributed by atoms with Crippen molar-refractivity contribution in [3.05, 3.63) is 52.9 Å². The molecule has 2 heterocycles. The fourth-order valence-electron chi connectivity index (χ4n) is 3.03. The molecule has 1 saturated heterocycles. The van der Waals surface area contributed by atoms with Gasteiger partial charge in [-0.3, -0.25) is 4.79 Å². The van der Waals surface area contributed by atoms with Crippen molar-refractivity contribution in [3.63, 3.8) is 0 Å². The van der Waals surface area contributed by atoms with Crippen molar-refractivity contribution >= 4 is 27.5 Å². The van der Waals surface area contributed by atoms with Crippen LogP contribution < -0.4 is 4.72 Å². The summed E-state index contributed by atoms with van der Waals surface area (Å²) in [6.45, 7) is 4.68. The number of nitrogens with zero attached hydrogens (tertiary/aromatic N) is 1. The van der Waals surface area contributed by atoms with E-state index >= 15 is 0 Å². The lowest BCUT2D eigenvalue weighted by molar-refractivity contribution is -0.0586. The first-order valence-electron chi connectivity index (χ1n) is 8.52. The van der Waals surface area contributed by atoms with Gasteiger partial charge >= 0.3 is 0 Å². The molecule has 1 aromatic heterocycles. The van der Waals surface area contributed by atoms with Crippen molar-refractivity contribution in [1.82, 2.24) is 9.62 Å². The summed E-state index contributed by atoms with van der Waals surface area (Å²) >= 11 is 6.09. The largest absolute Gasteiger partial charge is 0.468 e. The Bertz CT molecular complexity index is 904. The number of nitrogens with one attached hydrogen (secondary N) is 1. The molecule has 9 heteroatoms. The Hall–Kier alpha value is -1.87. The second-order valence-corrected chi connectivity index (χ2v) is 8.66. The monoisotopic (exact) mass is 412 g/mol. The number of amides is 1. The average molecular weight is 413 g/mol. The molecule has 146 valence electrons. The molecule has 0 unspecified atom stereocenters. The maximum atomic E-state index is 12.8. The maximum Gasteiger partial charge on any atom is 0.254 e. The molecular weight excluding hydrogens is 392 g/mol. The van der Waals surface area contributed by atoms with Crippen molar-refractivity contribution in [3.8, 4) is 0 Å². The van der Waals surface area contributed by atoms with Crippen LogP contribution in [0.2, 0.25) is 5.02 Å². The Labute approximate surface area is 163 Å². The second-order valence-electron chi connectivity index (χ2n) is 6.52. The van der Waals surface area contributed by atoms with Crippen LogP contribution in [0.1, 0.15) is 30.0 Å². The van der Waals surface area contributed by atoms with Gasteiger partial charge in [0.05, 0.1) is 30.0 Å². The van der Waals surface area contributed by atoms with Gasteiger partial charge in [-0.05, 0) is 44.2 Å². The number of rotatable bonds is 5. The minimum Gasteiger partial charge on any atom is -0.468 e. The molecule has 2 atom stereocenters. The molecule has 1 aliphatic heterocycles. The fraction of sp³-hybridized carbons (Fsp3) is 0.389. The van der Waals surface area contributed by atoms with Crippen molar-refractivity contribution in [2.75, 3.05) is 13.1 Å². The second kappa shape index (κ2) is 8.02. The Morgan fingerprint density at radius 1 is 1.26 bits per heavy atom. The van der Waals surface area contributed by atoms with E-state index in [2.05, 4.69) is 4.72 Å². The number of sulfonamides is 1.